The second-order valence-electron chi connectivity index (χ2n) is 6.76. The number of carbonyl (C=O) groups is 2. The Morgan fingerprint density at radius 3 is 2.27 bits per heavy atom. The average Bonchev–Trinajstić information content (AvgIpc) is 2.59. The second-order valence-corrected chi connectivity index (χ2v) is 8.73. The van der Waals surface area contributed by atoms with Crippen molar-refractivity contribution in [3.8, 4) is 0 Å². The lowest BCUT2D eigenvalue weighted by atomic mass is 9.86. The molecule has 1 aliphatic heterocycles. The molecule has 142 valence electrons. The van der Waals surface area contributed by atoms with E-state index in [1.807, 2.05) is 18.2 Å². The Balaban J connectivity index is 1.45. The Hall–Kier alpha value is -1.93. The summed E-state index contributed by atoms with van der Waals surface area (Å²) in [5.41, 5.74) is 0.744. The molecule has 1 aromatic carbocycles. The fourth-order valence-electron chi connectivity index (χ4n) is 3.08. The van der Waals surface area contributed by atoms with E-state index in [-0.39, 0.29) is 43.2 Å². The van der Waals surface area contributed by atoms with Crippen molar-refractivity contribution in [2.45, 2.75) is 25.0 Å². The van der Waals surface area contributed by atoms with Crippen molar-refractivity contribution in [2.75, 3.05) is 32.8 Å². The molecule has 0 radical (unpaired) electrons. The first-order valence-corrected chi connectivity index (χ1v) is 10.5. The molecule has 0 unspecified atom stereocenters. The Labute approximate surface area is 154 Å². The van der Waals surface area contributed by atoms with Crippen molar-refractivity contribution in [1.29, 1.82) is 0 Å². The number of rotatable bonds is 6. The summed E-state index contributed by atoms with van der Waals surface area (Å²) < 4.78 is 31.5. The first-order chi connectivity index (χ1) is 12.5. The Kier molecular flexibility index (Phi) is 5.93. The van der Waals surface area contributed by atoms with Crippen LogP contribution in [-0.4, -0.2) is 62.3 Å². The molecule has 8 heteroatoms. The topological polar surface area (TPSA) is 84.0 Å². The molecule has 1 aromatic rings. The van der Waals surface area contributed by atoms with Crippen molar-refractivity contribution in [3.05, 3.63) is 35.9 Å². The lowest BCUT2D eigenvalue weighted by molar-refractivity contribution is -0.158. The van der Waals surface area contributed by atoms with Gasteiger partial charge in [0.2, 0.25) is 10.0 Å². The van der Waals surface area contributed by atoms with Crippen LogP contribution in [0.4, 0.5) is 0 Å². The maximum absolute atomic E-state index is 12.5. The molecule has 1 aliphatic carbocycles. The van der Waals surface area contributed by atoms with Crippen molar-refractivity contribution in [2.24, 2.45) is 5.92 Å². The monoisotopic (exact) mass is 380 g/mol. The van der Waals surface area contributed by atoms with E-state index in [2.05, 4.69) is 0 Å². The SMILES string of the molecule is O=C(OCC(=O)N1CCN(S(=O)(=O)Cc2ccccc2)CC1)C1CCC1. The Bertz CT molecular complexity index is 738. The number of sulfonamides is 1. The van der Waals surface area contributed by atoms with Crippen LogP contribution in [0.3, 0.4) is 0 Å². The normalized spacial score (nSPS) is 19.0. The molecular weight excluding hydrogens is 356 g/mol. The predicted molar refractivity (Wildman–Crippen MR) is 95.5 cm³/mol. The van der Waals surface area contributed by atoms with E-state index < -0.39 is 10.0 Å². The zero-order valence-electron chi connectivity index (χ0n) is 14.7. The summed E-state index contributed by atoms with van der Waals surface area (Å²) in [5, 5.41) is 0. The minimum atomic E-state index is -3.41. The molecular formula is C18H24N2O5S. The van der Waals surface area contributed by atoms with Gasteiger partial charge < -0.3 is 9.64 Å². The lowest BCUT2D eigenvalue weighted by Gasteiger charge is -2.34. The van der Waals surface area contributed by atoms with Crippen LogP contribution in [0.5, 0.6) is 0 Å². The fourth-order valence-corrected chi connectivity index (χ4v) is 4.59. The zero-order chi connectivity index (χ0) is 18.6. The molecule has 1 saturated carbocycles. The van der Waals surface area contributed by atoms with Gasteiger partial charge in [0.1, 0.15) is 0 Å². The number of amides is 1. The van der Waals surface area contributed by atoms with Crippen LogP contribution in [0.1, 0.15) is 24.8 Å². The third-order valence-electron chi connectivity index (χ3n) is 4.95. The zero-order valence-corrected chi connectivity index (χ0v) is 15.5. The van der Waals surface area contributed by atoms with Gasteiger partial charge >= 0.3 is 5.97 Å². The van der Waals surface area contributed by atoms with Gasteiger partial charge in [-0.25, -0.2) is 8.42 Å². The van der Waals surface area contributed by atoms with Crippen molar-refractivity contribution >= 4 is 21.9 Å². The lowest BCUT2D eigenvalue weighted by Crippen LogP contribution is -2.51. The van der Waals surface area contributed by atoms with E-state index in [4.69, 9.17) is 4.74 Å². The van der Waals surface area contributed by atoms with Gasteiger partial charge in [0.15, 0.2) is 6.61 Å². The van der Waals surface area contributed by atoms with Gasteiger partial charge in [-0.05, 0) is 18.4 Å². The highest BCUT2D eigenvalue weighted by Crippen LogP contribution is 2.27. The predicted octanol–water partition coefficient (Wildman–Crippen LogP) is 1.00. The molecule has 1 saturated heterocycles. The molecule has 7 nitrogen and oxygen atoms in total. The van der Waals surface area contributed by atoms with Crippen molar-refractivity contribution < 1.29 is 22.7 Å². The van der Waals surface area contributed by atoms with Gasteiger partial charge in [0.05, 0.1) is 11.7 Å². The number of piperazine rings is 1. The van der Waals surface area contributed by atoms with E-state index in [0.29, 0.717) is 13.1 Å². The molecule has 0 bridgehead atoms. The van der Waals surface area contributed by atoms with Gasteiger partial charge in [-0.1, -0.05) is 36.8 Å². The maximum Gasteiger partial charge on any atom is 0.309 e. The van der Waals surface area contributed by atoms with E-state index >= 15 is 0 Å². The molecule has 3 rings (SSSR count). The summed E-state index contributed by atoms with van der Waals surface area (Å²) in [4.78, 5) is 25.4. The van der Waals surface area contributed by atoms with Crippen LogP contribution in [0.15, 0.2) is 30.3 Å². The Morgan fingerprint density at radius 2 is 1.69 bits per heavy atom. The molecule has 0 atom stereocenters. The summed E-state index contributed by atoms with van der Waals surface area (Å²) >= 11 is 0. The molecule has 26 heavy (non-hydrogen) atoms. The molecule has 2 fully saturated rings. The summed E-state index contributed by atoms with van der Waals surface area (Å²) in [5.74, 6) is -0.657. The number of hydrogen-bond donors (Lipinski definition) is 0. The smallest absolute Gasteiger partial charge is 0.309 e. The first kappa shape index (κ1) is 18.8. The number of carbonyl (C=O) groups excluding carboxylic acids is 2. The van der Waals surface area contributed by atoms with Crippen LogP contribution in [0.2, 0.25) is 0 Å². The minimum Gasteiger partial charge on any atom is -0.455 e. The quantitative estimate of drug-likeness (QED) is 0.688. The minimum absolute atomic E-state index is 0.0409. The molecule has 2 aliphatic rings. The molecule has 1 amide bonds. The van der Waals surface area contributed by atoms with Crippen molar-refractivity contribution in [3.63, 3.8) is 0 Å². The third-order valence-corrected chi connectivity index (χ3v) is 6.80. The third kappa shape index (κ3) is 4.62. The largest absolute Gasteiger partial charge is 0.455 e. The van der Waals surface area contributed by atoms with Gasteiger partial charge in [0.25, 0.3) is 5.91 Å². The van der Waals surface area contributed by atoms with Gasteiger partial charge in [-0.3, -0.25) is 9.59 Å². The molecule has 0 spiro atoms. The van der Waals surface area contributed by atoms with E-state index in [0.717, 1.165) is 24.8 Å². The van der Waals surface area contributed by atoms with Crippen LogP contribution in [0, 0.1) is 5.92 Å². The molecule has 0 aromatic heterocycles. The summed E-state index contributed by atoms with van der Waals surface area (Å²) in [6.07, 6.45) is 2.71. The molecule has 0 N–H and O–H groups in total. The Morgan fingerprint density at radius 1 is 1.04 bits per heavy atom. The second kappa shape index (κ2) is 8.18. The van der Waals surface area contributed by atoms with E-state index in [9.17, 15) is 18.0 Å². The highest BCUT2D eigenvalue weighted by atomic mass is 32.2. The number of esters is 1. The summed E-state index contributed by atoms with van der Waals surface area (Å²) in [7, 11) is -3.41. The van der Waals surface area contributed by atoms with Crippen molar-refractivity contribution in [1.82, 2.24) is 9.21 Å². The summed E-state index contributed by atoms with van der Waals surface area (Å²) in [6, 6.07) is 9.04. The van der Waals surface area contributed by atoms with Crippen LogP contribution >= 0.6 is 0 Å². The standard InChI is InChI=1S/C18H24N2O5S/c21-17(13-25-18(22)16-7-4-8-16)19-9-11-20(12-10-19)26(23,24)14-15-5-2-1-3-6-15/h1-3,5-6,16H,4,7-14H2. The highest BCUT2D eigenvalue weighted by Gasteiger charge is 2.30. The number of hydrogen-bond acceptors (Lipinski definition) is 5. The van der Waals surface area contributed by atoms with E-state index in [1.54, 1.807) is 17.0 Å². The van der Waals surface area contributed by atoms with Gasteiger partial charge in [0, 0.05) is 26.2 Å². The average molecular weight is 380 g/mol. The number of nitrogens with zero attached hydrogens (tertiary/aromatic N) is 2. The van der Waals surface area contributed by atoms with Crippen LogP contribution < -0.4 is 0 Å². The first-order valence-electron chi connectivity index (χ1n) is 8.92. The highest BCUT2D eigenvalue weighted by molar-refractivity contribution is 7.88. The van der Waals surface area contributed by atoms with Gasteiger partial charge in [-0.2, -0.15) is 4.31 Å². The molecule has 1 heterocycles. The van der Waals surface area contributed by atoms with Crippen LogP contribution in [-0.2, 0) is 30.1 Å². The maximum atomic E-state index is 12.5. The number of benzene rings is 1. The fraction of sp³-hybridized carbons (Fsp3) is 0.556. The number of ether oxygens (including phenoxy) is 1. The summed E-state index contributed by atoms with van der Waals surface area (Å²) in [6.45, 7) is 0.892. The van der Waals surface area contributed by atoms with Gasteiger partial charge in [-0.15, -0.1) is 0 Å². The van der Waals surface area contributed by atoms with Crippen LogP contribution in [0.25, 0.3) is 0 Å². The van der Waals surface area contributed by atoms with E-state index in [1.165, 1.54) is 4.31 Å².